The lowest BCUT2D eigenvalue weighted by atomic mass is 10.0. The largest absolute Gasteiger partial charge is 0.503 e. The van der Waals surface area contributed by atoms with Crippen LogP contribution in [0.3, 0.4) is 0 Å². The number of aliphatic hydroxyl groups excluding tert-OH is 1. The number of hydrogen-bond donors (Lipinski definition) is 3. The standard InChI is InChI=1S/C14H19F2NO5/c1-7(13(21)22)4-5-8-6-9(18)11(19)10(17(8)3)12(20)14(2,15)16/h6-7,12,19-20H,4-5H2,1-3H3,(H,21,22)/t7-,12?/m1/s1. The van der Waals surface area contributed by atoms with Crippen molar-refractivity contribution in [3.8, 4) is 5.75 Å². The zero-order valence-corrected chi connectivity index (χ0v) is 12.5. The maximum absolute atomic E-state index is 13.3. The van der Waals surface area contributed by atoms with Crippen LogP contribution in [0.2, 0.25) is 0 Å². The summed E-state index contributed by atoms with van der Waals surface area (Å²) in [5, 5.41) is 28.2. The van der Waals surface area contributed by atoms with E-state index in [4.69, 9.17) is 5.11 Å². The Morgan fingerprint density at radius 2 is 2.00 bits per heavy atom. The quantitative estimate of drug-likeness (QED) is 0.736. The third kappa shape index (κ3) is 3.82. The topological polar surface area (TPSA) is 99.8 Å². The van der Waals surface area contributed by atoms with Gasteiger partial charge >= 0.3 is 5.97 Å². The molecule has 22 heavy (non-hydrogen) atoms. The molecule has 0 aliphatic carbocycles. The number of aryl methyl sites for hydroxylation is 1. The van der Waals surface area contributed by atoms with E-state index in [1.807, 2.05) is 0 Å². The third-order valence-electron chi connectivity index (χ3n) is 3.56. The van der Waals surface area contributed by atoms with Crippen LogP contribution in [0.25, 0.3) is 0 Å². The molecule has 1 aromatic heterocycles. The highest BCUT2D eigenvalue weighted by atomic mass is 19.3. The number of aliphatic carboxylic acids is 1. The summed E-state index contributed by atoms with van der Waals surface area (Å²) in [6.07, 6.45) is -2.03. The second kappa shape index (κ2) is 6.43. The molecule has 0 saturated heterocycles. The monoisotopic (exact) mass is 319 g/mol. The van der Waals surface area contributed by atoms with Gasteiger partial charge < -0.3 is 19.9 Å². The summed E-state index contributed by atoms with van der Waals surface area (Å²) in [5.74, 6) is -6.17. The molecule has 0 fully saturated rings. The molecule has 0 bridgehead atoms. The van der Waals surface area contributed by atoms with Gasteiger partial charge in [0.15, 0.2) is 11.9 Å². The van der Waals surface area contributed by atoms with E-state index in [0.29, 0.717) is 6.92 Å². The summed E-state index contributed by atoms with van der Waals surface area (Å²) in [4.78, 5) is 22.5. The van der Waals surface area contributed by atoms with Crippen molar-refractivity contribution in [2.75, 3.05) is 0 Å². The summed E-state index contributed by atoms with van der Waals surface area (Å²) in [6.45, 7) is 1.96. The number of alkyl halides is 2. The van der Waals surface area contributed by atoms with Gasteiger partial charge in [-0.2, -0.15) is 0 Å². The van der Waals surface area contributed by atoms with Crippen molar-refractivity contribution >= 4 is 5.97 Å². The van der Waals surface area contributed by atoms with Crippen molar-refractivity contribution in [2.45, 2.75) is 38.7 Å². The third-order valence-corrected chi connectivity index (χ3v) is 3.56. The molecule has 0 amide bonds. The zero-order valence-electron chi connectivity index (χ0n) is 12.5. The molecule has 1 heterocycles. The van der Waals surface area contributed by atoms with Crippen LogP contribution in [0.1, 0.15) is 37.8 Å². The fraction of sp³-hybridized carbons (Fsp3) is 0.571. The maximum atomic E-state index is 13.3. The molecule has 1 aromatic rings. The molecule has 0 aliphatic rings. The molecular weight excluding hydrogens is 300 g/mol. The van der Waals surface area contributed by atoms with Crippen LogP contribution in [0.15, 0.2) is 10.9 Å². The Morgan fingerprint density at radius 1 is 1.45 bits per heavy atom. The number of nitrogens with zero attached hydrogens (tertiary/aromatic N) is 1. The number of pyridine rings is 1. The number of hydrogen-bond acceptors (Lipinski definition) is 4. The number of rotatable bonds is 6. The van der Waals surface area contributed by atoms with Gasteiger partial charge in [0.05, 0.1) is 11.6 Å². The zero-order chi connectivity index (χ0) is 17.2. The summed E-state index contributed by atoms with van der Waals surface area (Å²) in [5.41, 5.74) is -1.22. The lowest BCUT2D eigenvalue weighted by Gasteiger charge is -2.24. The van der Waals surface area contributed by atoms with E-state index in [2.05, 4.69) is 0 Å². The highest BCUT2D eigenvalue weighted by Gasteiger charge is 2.38. The van der Waals surface area contributed by atoms with Crippen LogP contribution in [0.5, 0.6) is 5.75 Å². The van der Waals surface area contributed by atoms with E-state index >= 15 is 0 Å². The molecule has 0 saturated carbocycles. The molecule has 6 nitrogen and oxygen atoms in total. The van der Waals surface area contributed by atoms with Gasteiger partial charge in [0, 0.05) is 25.7 Å². The van der Waals surface area contributed by atoms with Crippen molar-refractivity contribution in [1.82, 2.24) is 4.57 Å². The van der Waals surface area contributed by atoms with Crippen LogP contribution < -0.4 is 5.43 Å². The Kier molecular flexibility index (Phi) is 5.29. The lowest BCUT2D eigenvalue weighted by molar-refractivity contribution is -0.141. The summed E-state index contributed by atoms with van der Waals surface area (Å²) >= 11 is 0. The van der Waals surface area contributed by atoms with E-state index in [1.54, 1.807) is 0 Å². The second-order valence-corrected chi connectivity index (χ2v) is 5.43. The molecule has 0 radical (unpaired) electrons. The predicted octanol–water partition coefficient (Wildman–Crippen LogP) is 1.43. The molecule has 2 atom stereocenters. The van der Waals surface area contributed by atoms with Gasteiger partial charge in [-0.25, -0.2) is 8.78 Å². The van der Waals surface area contributed by atoms with Gasteiger partial charge in [-0.1, -0.05) is 6.92 Å². The highest BCUT2D eigenvalue weighted by Crippen LogP contribution is 2.34. The van der Waals surface area contributed by atoms with E-state index in [-0.39, 0.29) is 18.5 Å². The molecule has 0 aromatic carbocycles. The van der Waals surface area contributed by atoms with Crippen molar-refractivity contribution in [3.05, 3.63) is 27.7 Å². The number of carboxylic acids is 1. The van der Waals surface area contributed by atoms with Crippen LogP contribution >= 0.6 is 0 Å². The van der Waals surface area contributed by atoms with E-state index in [0.717, 1.165) is 10.6 Å². The SMILES string of the molecule is C[C@H](CCc1cc(=O)c(O)c(C(O)C(C)(F)F)n1C)C(=O)O. The van der Waals surface area contributed by atoms with Crippen molar-refractivity contribution in [2.24, 2.45) is 13.0 Å². The van der Waals surface area contributed by atoms with Gasteiger partial charge in [0.1, 0.15) is 0 Å². The number of halogens is 2. The Labute approximate surface area is 125 Å². The number of aromatic nitrogens is 1. The number of aliphatic hydroxyl groups is 1. The van der Waals surface area contributed by atoms with Gasteiger partial charge in [0.25, 0.3) is 5.92 Å². The maximum Gasteiger partial charge on any atom is 0.306 e. The smallest absolute Gasteiger partial charge is 0.306 e. The van der Waals surface area contributed by atoms with Gasteiger partial charge in [-0.15, -0.1) is 0 Å². The molecule has 1 unspecified atom stereocenters. The first kappa shape index (κ1) is 18.1. The average Bonchev–Trinajstić information content (AvgIpc) is 2.39. The van der Waals surface area contributed by atoms with Crippen LogP contribution in [-0.4, -0.2) is 31.8 Å². The first-order valence-electron chi connectivity index (χ1n) is 6.67. The molecular formula is C14H19F2NO5. The average molecular weight is 319 g/mol. The Morgan fingerprint density at radius 3 is 2.45 bits per heavy atom. The minimum absolute atomic E-state index is 0.133. The number of carbonyl (C=O) groups is 1. The predicted molar refractivity (Wildman–Crippen MR) is 74.0 cm³/mol. The molecule has 8 heteroatoms. The molecule has 1 rings (SSSR count). The van der Waals surface area contributed by atoms with Crippen LogP contribution in [0, 0.1) is 5.92 Å². The second-order valence-electron chi connectivity index (χ2n) is 5.43. The Balaban J connectivity index is 3.25. The molecule has 0 spiro atoms. The van der Waals surface area contributed by atoms with Gasteiger partial charge in [-0.05, 0) is 12.8 Å². The van der Waals surface area contributed by atoms with Crippen molar-refractivity contribution in [3.63, 3.8) is 0 Å². The Bertz CT molecular complexity index is 621. The first-order chi connectivity index (χ1) is 9.96. The Hall–Kier alpha value is -1.96. The highest BCUT2D eigenvalue weighted by molar-refractivity contribution is 5.69. The van der Waals surface area contributed by atoms with Crippen LogP contribution in [-0.2, 0) is 18.3 Å². The van der Waals surface area contributed by atoms with E-state index in [1.165, 1.54) is 14.0 Å². The molecule has 0 aliphatic heterocycles. The summed E-state index contributed by atoms with van der Waals surface area (Å²) in [7, 11) is 1.32. The minimum Gasteiger partial charge on any atom is -0.503 e. The fourth-order valence-corrected chi connectivity index (χ4v) is 2.04. The van der Waals surface area contributed by atoms with Gasteiger partial charge in [0.2, 0.25) is 5.43 Å². The van der Waals surface area contributed by atoms with Gasteiger partial charge in [-0.3, -0.25) is 9.59 Å². The van der Waals surface area contributed by atoms with Crippen molar-refractivity contribution in [1.29, 1.82) is 0 Å². The first-order valence-corrected chi connectivity index (χ1v) is 6.67. The fourth-order valence-electron chi connectivity index (χ4n) is 2.04. The van der Waals surface area contributed by atoms with Crippen LogP contribution in [0.4, 0.5) is 8.78 Å². The number of carboxylic acid groups (broad SMARTS) is 1. The van der Waals surface area contributed by atoms with E-state index in [9.17, 15) is 28.6 Å². The summed E-state index contributed by atoms with van der Waals surface area (Å²) < 4.78 is 27.7. The number of aromatic hydroxyl groups is 1. The van der Waals surface area contributed by atoms with Crippen molar-refractivity contribution < 1.29 is 28.9 Å². The molecule has 124 valence electrons. The lowest BCUT2D eigenvalue weighted by Crippen LogP contribution is -2.28. The molecule has 3 N–H and O–H groups in total. The summed E-state index contributed by atoms with van der Waals surface area (Å²) in [6, 6.07) is 1.05. The normalized spacial score (nSPS) is 14.6. The van der Waals surface area contributed by atoms with E-state index < -0.39 is 40.8 Å². The minimum atomic E-state index is -3.55.